The van der Waals surface area contributed by atoms with Crippen LogP contribution >= 0.6 is 12.2 Å². The van der Waals surface area contributed by atoms with Gasteiger partial charge in [0.1, 0.15) is 5.75 Å². The van der Waals surface area contributed by atoms with Gasteiger partial charge in [0.05, 0.1) is 18.5 Å². The van der Waals surface area contributed by atoms with E-state index in [0.717, 1.165) is 11.3 Å². The van der Waals surface area contributed by atoms with Crippen molar-refractivity contribution < 1.29 is 9.53 Å². The first kappa shape index (κ1) is 15.4. The number of nitrogens with one attached hydrogen (secondary N) is 1. The molecular formula is C14H20N2O2S. The van der Waals surface area contributed by atoms with Crippen LogP contribution in [0.4, 0.5) is 0 Å². The molecule has 4 nitrogen and oxygen atoms in total. The average molecular weight is 280 g/mol. The fraction of sp³-hybridized carbons (Fsp3) is 0.429. The summed E-state index contributed by atoms with van der Waals surface area (Å²) < 4.78 is 5.12. The van der Waals surface area contributed by atoms with Crippen LogP contribution in [0, 0.1) is 5.41 Å². The lowest BCUT2D eigenvalue weighted by atomic mass is 9.93. The SMILES string of the molecule is COc1cccc(CC(=O)NCC(C)(C)C(N)=S)c1. The van der Waals surface area contributed by atoms with Crippen LogP contribution in [-0.2, 0) is 11.2 Å². The Bertz CT molecular complexity index is 472. The fourth-order valence-electron chi connectivity index (χ4n) is 1.44. The summed E-state index contributed by atoms with van der Waals surface area (Å²) in [4.78, 5) is 12.2. The van der Waals surface area contributed by atoms with Crippen molar-refractivity contribution in [3.63, 3.8) is 0 Å². The molecule has 0 saturated carbocycles. The Morgan fingerprint density at radius 3 is 2.74 bits per heavy atom. The molecule has 0 aliphatic rings. The predicted octanol–water partition coefficient (Wildman–Crippen LogP) is 1.67. The van der Waals surface area contributed by atoms with Crippen molar-refractivity contribution in [1.82, 2.24) is 5.32 Å². The van der Waals surface area contributed by atoms with E-state index in [1.54, 1.807) is 7.11 Å². The summed E-state index contributed by atoms with van der Waals surface area (Å²) >= 11 is 4.96. The van der Waals surface area contributed by atoms with Crippen molar-refractivity contribution >= 4 is 23.1 Å². The molecule has 1 aromatic carbocycles. The van der Waals surface area contributed by atoms with Crippen molar-refractivity contribution in [2.24, 2.45) is 11.1 Å². The van der Waals surface area contributed by atoms with Gasteiger partial charge in [0.25, 0.3) is 0 Å². The van der Waals surface area contributed by atoms with Gasteiger partial charge in [-0.1, -0.05) is 38.2 Å². The van der Waals surface area contributed by atoms with Gasteiger partial charge in [-0.25, -0.2) is 0 Å². The zero-order chi connectivity index (χ0) is 14.5. The number of hydrogen-bond donors (Lipinski definition) is 2. The van der Waals surface area contributed by atoms with Crippen molar-refractivity contribution in [2.75, 3.05) is 13.7 Å². The quantitative estimate of drug-likeness (QED) is 0.778. The van der Waals surface area contributed by atoms with E-state index in [1.807, 2.05) is 38.1 Å². The molecule has 0 aromatic heterocycles. The monoisotopic (exact) mass is 280 g/mol. The van der Waals surface area contributed by atoms with Crippen LogP contribution in [0.3, 0.4) is 0 Å². The minimum absolute atomic E-state index is 0.0578. The van der Waals surface area contributed by atoms with Gasteiger partial charge in [0, 0.05) is 12.0 Å². The zero-order valence-corrected chi connectivity index (χ0v) is 12.3. The number of carbonyl (C=O) groups is 1. The standard InChI is InChI=1S/C14H20N2O2S/c1-14(2,13(15)19)9-16-12(17)8-10-5-4-6-11(7-10)18-3/h4-7H,8-9H2,1-3H3,(H2,15,19)(H,16,17). The molecular weight excluding hydrogens is 260 g/mol. The molecule has 0 atom stereocenters. The van der Waals surface area contributed by atoms with Crippen molar-refractivity contribution in [1.29, 1.82) is 0 Å². The van der Waals surface area contributed by atoms with E-state index in [9.17, 15) is 4.79 Å². The molecule has 0 spiro atoms. The van der Waals surface area contributed by atoms with Gasteiger partial charge in [0.2, 0.25) is 5.91 Å². The highest BCUT2D eigenvalue weighted by Gasteiger charge is 2.21. The molecule has 1 rings (SSSR count). The second-order valence-corrected chi connectivity index (χ2v) is 5.49. The summed E-state index contributed by atoms with van der Waals surface area (Å²) in [5, 5.41) is 2.84. The number of rotatable bonds is 6. The highest BCUT2D eigenvalue weighted by atomic mass is 32.1. The van der Waals surface area contributed by atoms with E-state index < -0.39 is 0 Å². The van der Waals surface area contributed by atoms with Gasteiger partial charge < -0.3 is 15.8 Å². The van der Waals surface area contributed by atoms with Crippen LogP contribution in [0.5, 0.6) is 5.75 Å². The predicted molar refractivity (Wildman–Crippen MR) is 80.3 cm³/mol. The number of nitrogens with two attached hydrogens (primary N) is 1. The first-order valence-electron chi connectivity index (χ1n) is 6.04. The number of methoxy groups -OCH3 is 1. The maximum atomic E-state index is 11.8. The van der Waals surface area contributed by atoms with Crippen LogP contribution in [-0.4, -0.2) is 24.6 Å². The molecule has 0 unspecified atom stereocenters. The topological polar surface area (TPSA) is 64.3 Å². The van der Waals surface area contributed by atoms with E-state index in [4.69, 9.17) is 22.7 Å². The number of hydrogen-bond acceptors (Lipinski definition) is 3. The summed E-state index contributed by atoms with van der Waals surface area (Å²) in [6.07, 6.45) is 0.310. The lowest BCUT2D eigenvalue weighted by Crippen LogP contribution is -2.41. The first-order valence-corrected chi connectivity index (χ1v) is 6.45. The number of amides is 1. The minimum atomic E-state index is -0.376. The number of ether oxygens (including phenoxy) is 1. The first-order chi connectivity index (χ1) is 8.85. The molecule has 0 radical (unpaired) electrons. The highest BCUT2D eigenvalue weighted by Crippen LogP contribution is 2.15. The summed E-state index contributed by atoms with van der Waals surface area (Å²) in [6, 6.07) is 7.44. The third-order valence-electron chi connectivity index (χ3n) is 2.89. The van der Waals surface area contributed by atoms with E-state index in [2.05, 4.69) is 5.32 Å². The molecule has 0 heterocycles. The second-order valence-electron chi connectivity index (χ2n) is 5.05. The van der Waals surface area contributed by atoms with E-state index in [0.29, 0.717) is 18.0 Å². The van der Waals surface area contributed by atoms with Crippen LogP contribution < -0.4 is 15.8 Å². The van der Waals surface area contributed by atoms with Gasteiger partial charge >= 0.3 is 0 Å². The van der Waals surface area contributed by atoms with Crippen molar-refractivity contribution in [2.45, 2.75) is 20.3 Å². The Balaban J connectivity index is 2.54. The smallest absolute Gasteiger partial charge is 0.224 e. The molecule has 0 aliphatic heterocycles. The maximum absolute atomic E-state index is 11.8. The van der Waals surface area contributed by atoms with Gasteiger partial charge in [-0.2, -0.15) is 0 Å². The van der Waals surface area contributed by atoms with E-state index in [1.165, 1.54) is 0 Å². The number of thiocarbonyl (C=S) groups is 1. The minimum Gasteiger partial charge on any atom is -0.497 e. The Morgan fingerprint density at radius 2 is 2.16 bits per heavy atom. The van der Waals surface area contributed by atoms with Crippen molar-refractivity contribution in [3.05, 3.63) is 29.8 Å². The summed E-state index contributed by atoms with van der Waals surface area (Å²) in [5.41, 5.74) is 6.14. The van der Waals surface area contributed by atoms with E-state index >= 15 is 0 Å². The average Bonchev–Trinajstić information content (AvgIpc) is 2.36. The number of benzene rings is 1. The lowest BCUT2D eigenvalue weighted by molar-refractivity contribution is -0.120. The summed E-state index contributed by atoms with van der Waals surface area (Å²) in [7, 11) is 1.60. The molecule has 0 fully saturated rings. The Kier molecular flexibility index (Phi) is 5.30. The summed E-state index contributed by atoms with van der Waals surface area (Å²) in [5.74, 6) is 0.686. The van der Waals surface area contributed by atoms with Gasteiger partial charge in [-0.15, -0.1) is 0 Å². The molecule has 1 amide bonds. The molecule has 0 saturated heterocycles. The van der Waals surface area contributed by atoms with Crippen LogP contribution in [0.1, 0.15) is 19.4 Å². The van der Waals surface area contributed by atoms with Gasteiger partial charge in [0.15, 0.2) is 0 Å². The molecule has 104 valence electrons. The molecule has 5 heteroatoms. The van der Waals surface area contributed by atoms with Crippen molar-refractivity contribution in [3.8, 4) is 5.75 Å². The largest absolute Gasteiger partial charge is 0.497 e. The van der Waals surface area contributed by atoms with Gasteiger partial charge in [-0.3, -0.25) is 4.79 Å². The third-order valence-corrected chi connectivity index (χ3v) is 3.45. The Hall–Kier alpha value is -1.62. The molecule has 19 heavy (non-hydrogen) atoms. The maximum Gasteiger partial charge on any atom is 0.224 e. The Morgan fingerprint density at radius 1 is 1.47 bits per heavy atom. The lowest BCUT2D eigenvalue weighted by Gasteiger charge is -2.23. The highest BCUT2D eigenvalue weighted by molar-refractivity contribution is 7.80. The number of carbonyl (C=O) groups excluding carboxylic acids is 1. The molecule has 3 N–H and O–H groups in total. The van der Waals surface area contributed by atoms with Gasteiger partial charge in [-0.05, 0) is 17.7 Å². The fourth-order valence-corrected chi connectivity index (χ4v) is 1.51. The van der Waals surface area contributed by atoms with Crippen LogP contribution in [0.25, 0.3) is 0 Å². The second kappa shape index (κ2) is 6.52. The third kappa shape index (κ3) is 4.87. The molecule has 0 bridgehead atoms. The Labute approximate surface area is 119 Å². The van der Waals surface area contributed by atoms with E-state index in [-0.39, 0.29) is 11.3 Å². The zero-order valence-electron chi connectivity index (χ0n) is 11.5. The van der Waals surface area contributed by atoms with Crippen LogP contribution in [0.15, 0.2) is 24.3 Å². The van der Waals surface area contributed by atoms with Crippen LogP contribution in [0.2, 0.25) is 0 Å². The molecule has 1 aromatic rings. The normalized spacial score (nSPS) is 10.9. The summed E-state index contributed by atoms with van der Waals surface area (Å²) in [6.45, 7) is 4.24. The molecule has 0 aliphatic carbocycles.